The predicted octanol–water partition coefficient (Wildman–Crippen LogP) is 2.79. The minimum atomic E-state index is 0.221. The molecule has 1 heterocycles. The van der Waals surface area contributed by atoms with Gasteiger partial charge < -0.3 is 0 Å². The van der Waals surface area contributed by atoms with Crippen LogP contribution >= 0.6 is 11.8 Å². The molecule has 0 saturated carbocycles. The van der Waals surface area contributed by atoms with E-state index in [9.17, 15) is 0 Å². The van der Waals surface area contributed by atoms with E-state index in [-0.39, 0.29) is 10.8 Å². The van der Waals surface area contributed by atoms with Crippen molar-refractivity contribution >= 4 is 11.8 Å². The fraction of sp³-hybridized carbons (Fsp3) is 0.800. The molecule has 0 unspecified atom stereocenters. The first-order valence-corrected chi connectivity index (χ1v) is 5.19. The van der Waals surface area contributed by atoms with Crippen molar-refractivity contribution in [3.63, 3.8) is 0 Å². The molecule has 0 fully saturated rings. The molecule has 0 amide bonds. The second-order valence-electron chi connectivity index (χ2n) is 4.51. The zero-order chi connectivity index (χ0) is 8.54. The fourth-order valence-electron chi connectivity index (χ4n) is 0.972. The summed E-state index contributed by atoms with van der Waals surface area (Å²) in [6.07, 6.45) is 0. The van der Waals surface area contributed by atoms with Gasteiger partial charge >= 0.3 is 0 Å². The topological polar surface area (TPSA) is 0 Å². The first kappa shape index (κ1) is 9.00. The molecule has 1 heteroatoms. The van der Waals surface area contributed by atoms with Gasteiger partial charge in [-0.2, -0.15) is 11.8 Å². The molecule has 0 aromatic rings. The van der Waals surface area contributed by atoms with Crippen molar-refractivity contribution in [3.8, 4) is 11.8 Å². The van der Waals surface area contributed by atoms with Crippen molar-refractivity contribution in [3.05, 3.63) is 0 Å². The van der Waals surface area contributed by atoms with E-state index in [1.807, 2.05) is 11.8 Å². The number of rotatable bonds is 0. The summed E-state index contributed by atoms with van der Waals surface area (Å²) in [6, 6.07) is 0. The van der Waals surface area contributed by atoms with Gasteiger partial charge in [0.15, 0.2) is 0 Å². The monoisotopic (exact) mass is 168 g/mol. The van der Waals surface area contributed by atoms with Gasteiger partial charge in [-0.25, -0.2) is 0 Å². The van der Waals surface area contributed by atoms with Crippen LogP contribution < -0.4 is 0 Å². The molecular weight excluding hydrogens is 152 g/mol. The van der Waals surface area contributed by atoms with Crippen molar-refractivity contribution in [2.75, 3.05) is 11.5 Å². The Morgan fingerprint density at radius 3 is 1.64 bits per heavy atom. The van der Waals surface area contributed by atoms with Gasteiger partial charge in [0.2, 0.25) is 0 Å². The number of hydrogen-bond donors (Lipinski definition) is 0. The van der Waals surface area contributed by atoms with Crippen LogP contribution in [-0.4, -0.2) is 11.5 Å². The Bertz CT molecular complexity index is 183. The van der Waals surface area contributed by atoms with E-state index < -0.39 is 0 Å². The Balaban J connectivity index is 2.80. The van der Waals surface area contributed by atoms with Crippen LogP contribution in [0.2, 0.25) is 0 Å². The van der Waals surface area contributed by atoms with Crippen LogP contribution in [0.4, 0.5) is 0 Å². The standard InChI is InChI=1S/C10H16S/c1-9(2)5-6-10(3,4)8-11-7-9/h7-8H2,1-4H3. The zero-order valence-corrected chi connectivity index (χ0v) is 8.64. The average Bonchev–Trinajstić information content (AvgIpc) is 1.92. The third-order valence-corrected chi connectivity index (χ3v) is 3.52. The minimum absolute atomic E-state index is 0.221. The molecule has 0 aliphatic carbocycles. The molecule has 11 heavy (non-hydrogen) atoms. The van der Waals surface area contributed by atoms with Gasteiger partial charge in [0.25, 0.3) is 0 Å². The van der Waals surface area contributed by atoms with Crippen LogP contribution in [0.3, 0.4) is 0 Å². The Labute approximate surface area is 74.1 Å². The summed E-state index contributed by atoms with van der Waals surface area (Å²) < 4.78 is 0. The largest absolute Gasteiger partial charge is 0.159 e. The molecule has 1 rings (SSSR count). The first-order valence-electron chi connectivity index (χ1n) is 4.03. The molecule has 0 aromatic carbocycles. The Kier molecular flexibility index (Phi) is 2.25. The SMILES string of the molecule is CC1(C)C#CC(C)(C)CSC1. The van der Waals surface area contributed by atoms with E-state index in [0.29, 0.717) is 0 Å². The van der Waals surface area contributed by atoms with E-state index in [1.165, 1.54) is 11.5 Å². The van der Waals surface area contributed by atoms with Crippen LogP contribution in [0.5, 0.6) is 0 Å². The van der Waals surface area contributed by atoms with Gasteiger partial charge in [-0.1, -0.05) is 11.8 Å². The molecular formula is C10H16S. The average molecular weight is 168 g/mol. The van der Waals surface area contributed by atoms with Crippen molar-refractivity contribution in [1.82, 2.24) is 0 Å². The normalized spacial score (nSPS) is 26.5. The van der Waals surface area contributed by atoms with Gasteiger partial charge in [0, 0.05) is 22.3 Å². The highest BCUT2D eigenvalue weighted by Gasteiger charge is 2.23. The Morgan fingerprint density at radius 2 is 1.27 bits per heavy atom. The summed E-state index contributed by atoms with van der Waals surface area (Å²) in [5, 5.41) is 0. The molecule has 1 aliphatic rings. The molecule has 0 N–H and O–H groups in total. The number of hydrogen-bond acceptors (Lipinski definition) is 1. The quantitative estimate of drug-likeness (QED) is 0.501. The fourth-order valence-corrected chi connectivity index (χ4v) is 2.24. The van der Waals surface area contributed by atoms with Crippen LogP contribution in [0.15, 0.2) is 0 Å². The molecule has 0 atom stereocenters. The molecule has 0 spiro atoms. The van der Waals surface area contributed by atoms with Gasteiger partial charge in [-0.15, -0.1) is 0 Å². The van der Waals surface area contributed by atoms with E-state index in [4.69, 9.17) is 0 Å². The highest BCUT2D eigenvalue weighted by molar-refractivity contribution is 7.99. The summed E-state index contributed by atoms with van der Waals surface area (Å²) in [4.78, 5) is 0. The van der Waals surface area contributed by atoms with Gasteiger partial charge in [0.05, 0.1) is 0 Å². The maximum atomic E-state index is 3.34. The van der Waals surface area contributed by atoms with E-state index in [0.717, 1.165) is 0 Å². The Morgan fingerprint density at radius 1 is 0.909 bits per heavy atom. The molecule has 0 bridgehead atoms. The lowest BCUT2D eigenvalue weighted by molar-refractivity contribution is 0.574. The second kappa shape index (κ2) is 2.75. The molecule has 0 nitrogen and oxygen atoms in total. The van der Waals surface area contributed by atoms with Crippen molar-refractivity contribution in [2.45, 2.75) is 27.7 Å². The van der Waals surface area contributed by atoms with Crippen LogP contribution in [0, 0.1) is 22.7 Å². The summed E-state index contributed by atoms with van der Waals surface area (Å²) in [5.74, 6) is 9.02. The van der Waals surface area contributed by atoms with Gasteiger partial charge in [-0.3, -0.25) is 0 Å². The second-order valence-corrected chi connectivity index (χ2v) is 5.50. The Hall–Kier alpha value is -0.0900. The van der Waals surface area contributed by atoms with Crippen molar-refractivity contribution < 1.29 is 0 Å². The molecule has 0 radical (unpaired) electrons. The zero-order valence-electron chi connectivity index (χ0n) is 7.82. The molecule has 0 saturated heterocycles. The van der Waals surface area contributed by atoms with E-state index in [1.54, 1.807) is 0 Å². The molecule has 62 valence electrons. The van der Waals surface area contributed by atoms with Crippen LogP contribution in [0.25, 0.3) is 0 Å². The lowest BCUT2D eigenvalue weighted by Crippen LogP contribution is -2.11. The van der Waals surface area contributed by atoms with Crippen LogP contribution in [0.1, 0.15) is 27.7 Å². The third kappa shape index (κ3) is 2.79. The van der Waals surface area contributed by atoms with E-state index >= 15 is 0 Å². The van der Waals surface area contributed by atoms with Gasteiger partial charge in [-0.05, 0) is 27.7 Å². The van der Waals surface area contributed by atoms with Crippen molar-refractivity contribution in [2.24, 2.45) is 10.8 Å². The summed E-state index contributed by atoms with van der Waals surface area (Å²) in [7, 11) is 0. The third-order valence-electron chi connectivity index (χ3n) is 1.67. The molecule has 0 aromatic heterocycles. The lowest BCUT2D eigenvalue weighted by atomic mass is 9.92. The summed E-state index contributed by atoms with van der Waals surface area (Å²) in [6.45, 7) is 8.87. The highest BCUT2D eigenvalue weighted by Crippen LogP contribution is 2.30. The first-order chi connectivity index (χ1) is 4.91. The smallest absolute Gasteiger partial charge is 0.0348 e. The highest BCUT2D eigenvalue weighted by atomic mass is 32.2. The number of thioether (sulfide) groups is 1. The minimum Gasteiger partial charge on any atom is -0.159 e. The maximum Gasteiger partial charge on any atom is 0.0348 e. The van der Waals surface area contributed by atoms with Gasteiger partial charge in [0.1, 0.15) is 0 Å². The van der Waals surface area contributed by atoms with Crippen LogP contribution in [-0.2, 0) is 0 Å². The lowest BCUT2D eigenvalue weighted by Gasteiger charge is -2.15. The summed E-state index contributed by atoms with van der Waals surface area (Å²) >= 11 is 2.00. The maximum absolute atomic E-state index is 3.34. The van der Waals surface area contributed by atoms with Crippen molar-refractivity contribution in [1.29, 1.82) is 0 Å². The summed E-state index contributed by atoms with van der Waals surface area (Å²) in [5.41, 5.74) is 0.441. The molecule has 1 aliphatic heterocycles. The van der Waals surface area contributed by atoms with E-state index in [2.05, 4.69) is 39.5 Å². The predicted molar refractivity (Wildman–Crippen MR) is 52.7 cm³/mol.